The second kappa shape index (κ2) is 3.31. The number of ketones is 1. The molecule has 16 heavy (non-hydrogen) atoms. The van der Waals surface area contributed by atoms with Crippen LogP contribution in [0, 0.1) is 28.1 Å². The van der Waals surface area contributed by atoms with Gasteiger partial charge >= 0.3 is 0 Å². The summed E-state index contributed by atoms with van der Waals surface area (Å²) in [6, 6.07) is 2.27. The number of rotatable bonds is 0. The fourth-order valence-electron chi connectivity index (χ4n) is 3.21. The molecular weight excluding hydrogens is 198 g/mol. The minimum Gasteiger partial charge on any atom is -0.293 e. The number of carbonyl (C=O) groups excluding carboxylic acids is 1. The maximum atomic E-state index is 12.1. The monoisotopic (exact) mass is 215 g/mol. The van der Waals surface area contributed by atoms with Crippen molar-refractivity contribution in [1.29, 1.82) is 5.26 Å². The third-order valence-corrected chi connectivity index (χ3v) is 4.18. The van der Waals surface area contributed by atoms with E-state index in [9.17, 15) is 10.1 Å². The van der Waals surface area contributed by atoms with Crippen molar-refractivity contribution in [2.24, 2.45) is 16.7 Å². The highest BCUT2D eigenvalue weighted by atomic mass is 16.1. The molecule has 0 saturated heterocycles. The van der Waals surface area contributed by atoms with Crippen molar-refractivity contribution in [2.45, 2.75) is 33.1 Å². The Morgan fingerprint density at radius 2 is 2.25 bits per heavy atom. The first-order valence-corrected chi connectivity index (χ1v) is 5.78. The van der Waals surface area contributed by atoms with Crippen LogP contribution in [0.25, 0.3) is 0 Å². The van der Waals surface area contributed by atoms with Gasteiger partial charge in [0.2, 0.25) is 0 Å². The second-order valence-corrected chi connectivity index (χ2v) is 5.49. The molecule has 0 aromatic carbocycles. The molecule has 0 aliphatic heterocycles. The predicted molar refractivity (Wildman–Crippen MR) is 62.5 cm³/mol. The van der Waals surface area contributed by atoms with Crippen LogP contribution in [0.3, 0.4) is 0 Å². The van der Waals surface area contributed by atoms with Crippen LogP contribution in [0.1, 0.15) is 33.1 Å². The van der Waals surface area contributed by atoms with Gasteiger partial charge in [-0.25, -0.2) is 0 Å². The van der Waals surface area contributed by atoms with Crippen LogP contribution >= 0.6 is 0 Å². The molecule has 0 aromatic rings. The number of nitriles is 1. The number of fused-ring (bicyclic) bond motifs is 1. The van der Waals surface area contributed by atoms with E-state index < -0.39 is 5.41 Å². The highest BCUT2D eigenvalue weighted by Crippen LogP contribution is 2.55. The molecule has 0 N–H and O–H groups in total. The zero-order chi connectivity index (χ0) is 12.0. The molecule has 0 spiro atoms. The Balaban J connectivity index is 2.62. The van der Waals surface area contributed by atoms with Crippen molar-refractivity contribution in [2.75, 3.05) is 0 Å². The maximum Gasteiger partial charge on any atom is 0.180 e. The Morgan fingerprint density at radius 3 is 2.81 bits per heavy atom. The van der Waals surface area contributed by atoms with Gasteiger partial charge in [-0.05, 0) is 42.2 Å². The summed E-state index contributed by atoms with van der Waals surface area (Å²) in [6.07, 6.45) is 6.32. The highest BCUT2D eigenvalue weighted by Gasteiger charge is 2.55. The molecule has 84 valence electrons. The van der Waals surface area contributed by atoms with Crippen LogP contribution in [0.2, 0.25) is 0 Å². The average molecular weight is 215 g/mol. The molecule has 2 aliphatic carbocycles. The lowest BCUT2D eigenvalue weighted by Gasteiger charge is -2.48. The molecule has 1 saturated carbocycles. The SMILES string of the molecule is C=C1CCC[C@@H]2C(C)(C)C=CC(=O)[C@]12C#N. The summed E-state index contributed by atoms with van der Waals surface area (Å²) >= 11 is 0. The van der Waals surface area contributed by atoms with E-state index in [4.69, 9.17) is 0 Å². The van der Waals surface area contributed by atoms with E-state index in [-0.39, 0.29) is 17.1 Å². The first-order valence-electron chi connectivity index (χ1n) is 5.78. The maximum absolute atomic E-state index is 12.1. The summed E-state index contributed by atoms with van der Waals surface area (Å²) in [4.78, 5) is 12.1. The Kier molecular flexibility index (Phi) is 2.31. The van der Waals surface area contributed by atoms with Gasteiger partial charge in [-0.3, -0.25) is 4.79 Å². The number of nitrogens with zero attached hydrogens (tertiary/aromatic N) is 1. The molecule has 2 aliphatic rings. The highest BCUT2D eigenvalue weighted by molar-refractivity contribution is 6.01. The second-order valence-electron chi connectivity index (χ2n) is 5.49. The molecule has 0 unspecified atom stereocenters. The molecule has 2 rings (SSSR count). The van der Waals surface area contributed by atoms with Crippen LogP contribution in [-0.4, -0.2) is 5.78 Å². The van der Waals surface area contributed by atoms with Gasteiger partial charge in [0.05, 0.1) is 6.07 Å². The molecule has 1 fully saturated rings. The van der Waals surface area contributed by atoms with Crippen molar-refractivity contribution in [3.05, 3.63) is 24.3 Å². The molecule has 2 atom stereocenters. The van der Waals surface area contributed by atoms with Crippen molar-refractivity contribution in [1.82, 2.24) is 0 Å². The summed E-state index contributed by atoms with van der Waals surface area (Å²) in [5.41, 5.74) is -0.225. The van der Waals surface area contributed by atoms with Gasteiger partial charge < -0.3 is 0 Å². The summed E-state index contributed by atoms with van der Waals surface area (Å²) in [5.74, 6) is 0.0211. The van der Waals surface area contributed by atoms with E-state index in [0.29, 0.717) is 0 Å². The lowest BCUT2D eigenvalue weighted by Crippen LogP contribution is -2.49. The van der Waals surface area contributed by atoms with E-state index in [1.54, 1.807) is 6.08 Å². The van der Waals surface area contributed by atoms with Gasteiger partial charge in [0.1, 0.15) is 5.41 Å². The van der Waals surface area contributed by atoms with Crippen LogP contribution in [0.4, 0.5) is 0 Å². The third-order valence-electron chi connectivity index (χ3n) is 4.18. The normalized spacial score (nSPS) is 36.7. The lowest BCUT2D eigenvalue weighted by molar-refractivity contribution is -0.125. The largest absolute Gasteiger partial charge is 0.293 e. The molecule has 0 aromatic heterocycles. The Labute approximate surface area is 96.6 Å². The minimum absolute atomic E-state index is 0.0657. The van der Waals surface area contributed by atoms with Crippen LogP contribution in [0.5, 0.6) is 0 Å². The van der Waals surface area contributed by atoms with Crippen LogP contribution in [-0.2, 0) is 4.79 Å². The van der Waals surface area contributed by atoms with Crippen LogP contribution < -0.4 is 0 Å². The Hall–Kier alpha value is -1.36. The fourth-order valence-corrected chi connectivity index (χ4v) is 3.21. The molecule has 2 nitrogen and oxygen atoms in total. The topological polar surface area (TPSA) is 40.9 Å². The summed E-state index contributed by atoms with van der Waals surface area (Å²) in [5, 5.41) is 9.48. The third kappa shape index (κ3) is 1.21. The first kappa shape index (κ1) is 11.1. The van der Waals surface area contributed by atoms with Gasteiger partial charge in [0, 0.05) is 0 Å². The molecular formula is C14H17NO. The minimum atomic E-state index is -0.948. The van der Waals surface area contributed by atoms with E-state index in [1.807, 2.05) is 6.08 Å². The molecule has 0 heterocycles. The van der Waals surface area contributed by atoms with Crippen molar-refractivity contribution in [3.63, 3.8) is 0 Å². The van der Waals surface area contributed by atoms with E-state index >= 15 is 0 Å². The smallest absolute Gasteiger partial charge is 0.180 e. The van der Waals surface area contributed by atoms with Gasteiger partial charge in [-0.15, -0.1) is 0 Å². The molecule has 0 amide bonds. The van der Waals surface area contributed by atoms with Crippen molar-refractivity contribution in [3.8, 4) is 6.07 Å². The van der Waals surface area contributed by atoms with E-state index in [1.165, 1.54) is 0 Å². The standard InChI is InChI=1S/C14H17NO/c1-10-5-4-6-11-13(2,3)8-7-12(16)14(10,11)9-15/h7-8,11H,1,4-6H2,2-3H3/t11-,14-/m1/s1. The first-order chi connectivity index (χ1) is 7.45. The van der Waals surface area contributed by atoms with Gasteiger partial charge in [0.25, 0.3) is 0 Å². The van der Waals surface area contributed by atoms with Gasteiger partial charge in [-0.1, -0.05) is 26.5 Å². The zero-order valence-corrected chi connectivity index (χ0v) is 9.92. The number of hydrogen-bond acceptors (Lipinski definition) is 2. The number of carbonyl (C=O) groups is 1. The fraction of sp³-hybridized carbons (Fsp3) is 0.571. The summed E-state index contributed by atoms with van der Waals surface area (Å²) < 4.78 is 0. The van der Waals surface area contributed by atoms with Crippen LogP contribution in [0.15, 0.2) is 24.3 Å². The van der Waals surface area contributed by atoms with E-state index in [0.717, 1.165) is 24.8 Å². The number of hydrogen-bond donors (Lipinski definition) is 0. The summed E-state index contributed by atoms with van der Waals surface area (Å²) in [7, 11) is 0. The molecule has 2 heteroatoms. The quantitative estimate of drug-likeness (QED) is 0.583. The molecule has 0 bridgehead atoms. The van der Waals surface area contributed by atoms with Gasteiger partial charge in [0.15, 0.2) is 5.78 Å². The van der Waals surface area contributed by atoms with Crippen molar-refractivity contribution < 1.29 is 4.79 Å². The Morgan fingerprint density at radius 1 is 1.56 bits per heavy atom. The predicted octanol–water partition coefficient (Wildman–Crippen LogP) is 3.02. The summed E-state index contributed by atoms with van der Waals surface area (Å²) in [6.45, 7) is 8.19. The van der Waals surface area contributed by atoms with E-state index in [2.05, 4.69) is 26.5 Å². The average Bonchev–Trinajstić information content (AvgIpc) is 2.24. The van der Waals surface area contributed by atoms with Crippen molar-refractivity contribution >= 4 is 5.78 Å². The molecule has 0 radical (unpaired) electrons. The van der Waals surface area contributed by atoms with Gasteiger partial charge in [-0.2, -0.15) is 5.26 Å². The lowest BCUT2D eigenvalue weighted by atomic mass is 9.52. The Bertz CT molecular complexity index is 425. The zero-order valence-electron chi connectivity index (χ0n) is 9.92. The number of allylic oxidation sites excluding steroid dienone is 3.